The Morgan fingerprint density at radius 3 is 1.55 bits per heavy atom. The van der Waals surface area contributed by atoms with Crippen molar-refractivity contribution in [3.63, 3.8) is 0 Å². The quantitative estimate of drug-likeness (QED) is 0.198. The van der Waals surface area contributed by atoms with Gasteiger partial charge < -0.3 is 0 Å². The van der Waals surface area contributed by atoms with Crippen molar-refractivity contribution in [2.75, 3.05) is 0 Å². The molecule has 0 heterocycles. The molecule has 0 aliphatic carbocycles. The fraction of sp³-hybridized carbons (Fsp3) is 0. The number of hydrogen-bond acceptors (Lipinski definition) is 0. The fourth-order valence-corrected chi connectivity index (χ4v) is 4.53. The van der Waals surface area contributed by atoms with Crippen LogP contribution in [-0.2, 0) is 0 Å². The molecule has 0 aromatic heterocycles. The van der Waals surface area contributed by atoms with Crippen LogP contribution in [0.15, 0.2) is 157 Å². The maximum Gasteiger partial charge on any atom is 0.0636 e. The summed E-state index contributed by atoms with van der Waals surface area (Å²) in [6, 6.07) is -23.9. The molecular weight excluding hydrogens is 480 g/mol. The third-order valence-electron chi connectivity index (χ3n) is 6.25. The van der Waals surface area contributed by atoms with E-state index in [2.05, 4.69) is 0 Å². The summed E-state index contributed by atoms with van der Waals surface area (Å²) in [5, 5.41) is -5.02. The third kappa shape index (κ3) is 3.69. The molecule has 0 bridgehead atoms. The highest BCUT2D eigenvalue weighted by atomic mass is 14.2. The van der Waals surface area contributed by atoms with Gasteiger partial charge in [0.1, 0.15) is 0 Å². The topological polar surface area (TPSA) is 0 Å². The van der Waals surface area contributed by atoms with Gasteiger partial charge in [0.15, 0.2) is 0 Å². The molecule has 0 aliphatic heterocycles. The number of hydrogen-bond donors (Lipinski definition) is 0. The van der Waals surface area contributed by atoms with E-state index < -0.39 is 234 Å². The molecule has 0 saturated carbocycles. The molecule has 40 heavy (non-hydrogen) atoms. The maximum atomic E-state index is 9.86. The van der Waals surface area contributed by atoms with Gasteiger partial charge in [-0.05, 0) is 101 Å². The largest absolute Gasteiger partial charge is 0.0636 e. The van der Waals surface area contributed by atoms with Crippen molar-refractivity contribution in [3.8, 4) is 33.4 Å². The van der Waals surface area contributed by atoms with Crippen LogP contribution >= 0.6 is 0 Å². The van der Waals surface area contributed by atoms with Crippen LogP contribution in [0.2, 0.25) is 0 Å². The Hall–Kier alpha value is -5.20. The van der Waals surface area contributed by atoms with E-state index >= 15 is 0 Å². The molecule has 0 nitrogen and oxygen atoms in total. The Balaban J connectivity index is 1.72. The van der Waals surface area contributed by atoms with Crippen molar-refractivity contribution in [1.82, 2.24) is 0 Å². The van der Waals surface area contributed by atoms with E-state index in [4.69, 9.17) is 27.4 Å². The van der Waals surface area contributed by atoms with Gasteiger partial charge in [0.25, 0.3) is 0 Å². The number of fused-ring (bicyclic) bond motifs is 6. The van der Waals surface area contributed by atoms with E-state index in [0.29, 0.717) is 0 Å². The third-order valence-corrected chi connectivity index (χ3v) is 6.25. The molecule has 8 aromatic rings. The molecular formula is C40H26. The van der Waals surface area contributed by atoms with Gasteiger partial charge >= 0.3 is 0 Å². The summed E-state index contributed by atoms with van der Waals surface area (Å²) < 4.78 is 230. The molecule has 0 aliphatic rings. The Bertz CT molecular complexity index is 3620. The Morgan fingerprint density at radius 2 is 0.825 bits per heavy atom. The van der Waals surface area contributed by atoms with E-state index in [9.17, 15) is 8.22 Å². The normalized spacial score (nSPS) is 20.6. The molecule has 8 aromatic carbocycles. The van der Waals surface area contributed by atoms with Crippen molar-refractivity contribution in [2.45, 2.75) is 0 Å². The molecule has 0 N–H and O–H groups in total. The smallest absolute Gasteiger partial charge is 0.0622 e. The lowest BCUT2D eigenvalue weighted by Gasteiger charge is -2.16. The van der Waals surface area contributed by atoms with Crippen molar-refractivity contribution in [3.05, 3.63) is 157 Å². The molecule has 0 radical (unpaired) electrons. The molecule has 8 rings (SSSR count). The minimum Gasteiger partial charge on any atom is -0.0622 e. The SMILES string of the molecule is [2H]c1c([2H])c([2H])c(-c2c([2H])c3c([2H])c(-c4c([2H])c([2H])c([2H])c(-c5c([2H])c([2H])c6c([2H])c([2H])c([2H])c([2H])c6c5[2H])c4[2H])c4c([2H])c([2H])c([2H])c([2H])c4c3c3c([2H])c([2H])c([2H])c([2H])c23)c([2H])c1[2H]. The average Bonchev–Trinajstić information content (AvgIpc) is 3.28. The Kier molecular flexibility index (Phi) is 1.99. The van der Waals surface area contributed by atoms with Crippen LogP contribution in [0, 0.1) is 0 Å². The first-order chi connectivity index (χ1) is 30.7. The molecule has 0 amide bonds. The van der Waals surface area contributed by atoms with E-state index in [0.717, 1.165) is 0 Å². The minimum absolute atomic E-state index is 0.547. The lowest BCUT2D eigenvalue weighted by Crippen LogP contribution is -1.89. The van der Waals surface area contributed by atoms with Crippen LogP contribution in [0.3, 0.4) is 0 Å². The first-order valence-electron chi connectivity index (χ1n) is 24.8. The van der Waals surface area contributed by atoms with Gasteiger partial charge in [0.05, 0.1) is 35.6 Å². The minimum atomic E-state index is -1.05. The van der Waals surface area contributed by atoms with E-state index in [1.54, 1.807) is 0 Å². The van der Waals surface area contributed by atoms with E-state index in [1.807, 2.05) is 0 Å². The first-order valence-corrected chi connectivity index (χ1v) is 11.8. The second kappa shape index (κ2) is 9.22. The maximum absolute atomic E-state index is 9.86. The van der Waals surface area contributed by atoms with Crippen molar-refractivity contribution in [2.24, 2.45) is 0 Å². The molecule has 0 fully saturated rings. The van der Waals surface area contributed by atoms with Gasteiger partial charge in [-0.3, -0.25) is 0 Å². The summed E-state index contributed by atoms with van der Waals surface area (Å²) in [7, 11) is 0. The highest BCUT2D eigenvalue weighted by molar-refractivity contribution is 6.25. The van der Waals surface area contributed by atoms with Crippen LogP contribution in [0.25, 0.3) is 76.5 Å². The molecule has 0 saturated heterocycles. The summed E-state index contributed by atoms with van der Waals surface area (Å²) >= 11 is 0. The summed E-state index contributed by atoms with van der Waals surface area (Å²) in [5.41, 5.74) is -4.76. The Morgan fingerprint density at radius 1 is 0.300 bits per heavy atom. The van der Waals surface area contributed by atoms with Crippen molar-refractivity contribution < 1.29 is 35.6 Å². The Labute approximate surface area is 270 Å². The zero-order valence-corrected chi connectivity index (χ0v) is 20.0. The van der Waals surface area contributed by atoms with E-state index in [1.165, 1.54) is 0 Å². The second-order valence-electron chi connectivity index (χ2n) is 8.50. The zero-order chi connectivity index (χ0) is 49.1. The summed E-state index contributed by atoms with van der Waals surface area (Å²) in [4.78, 5) is 0. The van der Waals surface area contributed by atoms with Crippen LogP contribution < -0.4 is 0 Å². The first kappa shape index (κ1) is 8.65. The van der Waals surface area contributed by atoms with Gasteiger partial charge in [0.2, 0.25) is 0 Å². The monoisotopic (exact) mass is 532 g/mol. The van der Waals surface area contributed by atoms with Gasteiger partial charge in [-0.15, -0.1) is 0 Å². The standard InChI is InChI=1S/C40H26/c1-2-12-28(13-3-1)38-25-33-26-39(35-18-7-9-20-37(35)40(33)36-19-8-6-17-34(36)38)32-16-10-15-30(24-32)31-22-21-27-11-4-5-14-29(27)23-31/h1-26H/i1D,2D,3D,4D,5D,6D,7D,8D,9D,10D,11D,12D,13D,14D,15D,16D,17D,18D,19D,20D,21D,22D,23D,24D,25D,26D. The zero-order valence-electron chi connectivity index (χ0n) is 46.0. The van der Waals surface area contributed by atoms with Crippen LogP contribution in [-0.4, -0.2) is 0 Å². The molecule has 0 heteroatoms. The predicted octanol–water partition coefficient (Wildman–Crippen LogP) is 11.3. The van der Waals surface area contributed by atoms with Gasteiger partial charge in [-0.25, -0.2) is 0 Å². The van der Waals surface area contributed by atoms with Crippen LogP contribution in [0.5, 0.6) is 0 Å². The average molecular weight is 533 g/mol. The fourth-order valence-electron chi connectivity index (χ4n) is 4.53. The van der Waals surface area contributed by atoms with Gasteiger partial charge in [-0.1, -0.05) is 133 Å². The summed E-state index contributed by atoms with van der Waals surface area (Å²) in [6.07, 6.45) is 0. The highest BCUT2D eigenvalue weighted by Gasteiger charge is 2.15. The van der Waals surface area contributed by atoms with Crippen LogP contribution in [0.1, 0.15) is 35.6 Å². The van der Waals surface area contributed by atoms with Gasteiger partial charge in [0, 0.05) is 0 Å². The summed E-state index contributed by atoms with van der Waals surface area (Å²) in [6.45, 7) is 0. The molecule has 0 spiro atoms. The summed E-state index contributed by atoms with van der Waals surface area (Å²) in [5.74, 6) is 0. The number of benzene rings is 8. The van der Waals surface area contributed by atoms with Crippen molar-refractivity contribution in [1.29, 1.82) is 0 Å². The predicted molar refractivity (Wildman–Crippen MR) is 173 cm³/mol. The van der Waals surface area contributed by atoms with Crippen molar-refractivity contribution >= 4 is 43.1 Å². The second-order valence-corrected chi connectivity index (χ2v) is 8.50. The molecule has 0 unspecified atom stereocenters. The highest BCUT2D eigenvalue weighted by Crippen LogP contribution is 2.42. The molecule has 0 atom stereocenters. The lowest BCUT2D eigenvalue weighted by molar-refractivity contribution is 1.62. The lowest BCUT2D eigenvalue weighted by atomic mass is 9.87. The number of rotatable bonds is 3. The van der Waals surface area contributed by atoms with E-state index in [-0.39, 0.29) is 0 Å². The van der Waals surface area contributed by atoms with Gasteiger partial charge in [-0.2, -0.15) is 0 Å². The molecule has 186 valence electrons. The van der Waals surface area contributed by atoms with Crippen LogP contribution in [0.4, 0.5) is 0 Å².